The molecule has 0 saturated heterocycles. The molecular formula is C16H20ClIN8O. The van der Waals surface area contributed by atoms with Gasteiger partial charge in [0, 0.05) is 31.7 Å². The number of rotatable bonds is 5. The van der Waals surface area contributed by atoms with Gasteiger partial charge in [-0.2, -0.15) is 10.1 Å². The van der Waals surface area contributed by atoms with Crippen LogP contribution in [0.5, 0.6) is 0 Å². The van der Waals surface area contributed by atoms with E-state index in [9.17, 15) is 0 Å². The molecule has 0 fully saturated rings. The third kappa shape index (κ3) is 5.39. The van der Waals surface area contributed by atoms with Crippen molar-refractivity contribution >= 4 is 41.5 Å². The molecule has 9 nitrogen and oxygen atoms in total. The van der Waals surface area contributed by atoms with Gasteiger partial charge in [0.2, 0.25) is 11.7 Å². The summed E-state index contributed by atoms with van der Waals surface area (Å²) in [7, 11) is 5.47. The minimum absolute atomic E-state index is 0. The first-order valence-corrected chi connectivity index (χ1v) is 8.28. The topological polar surface area (TPSA) is 97.3 Å². The number of guanidine groups is 1. The number of hydrogen-bond acceptors (Lipinski definition) is 6. The van der Waals surface area contributed by atoms with Gasteiger partial charge in [-0.3, -0.25) is 9.67 Å². The second-order valence-corrected chi connectivity index (χ2v) is 6.01. The molecule has 0 bridgehead atoms. The van der Waals surface area contributed by atoms with Crippen molar-refractivity contribution in [2.24, 2.45) is 12.0 Å². The lowest BCUT2D eigenvalue weighted by Crippen LogP contribution is -2.38. The lowest BCUT2D eigenvalue weighted by Gasteiger charge is -2.20. The normalized spacial score (nSPS) is 11.2. The fourth-order valence-electron chi connectivity index (χ4n) is 2.33. The van der Waals surface area contributed by atoms with E-state index >= 15 is 0 Å². The Morgan fingerprint density at radius 2 is 2.07 bits per heavy atom. The number of hydrogen-bond donors (Lipinski definition) is 1. The molecule has 0 atom stereocenters. The molecule has 0 aliphatic heterocycles. The van der Waals surface area contributed by atoms with Crippen molar-refractivity contribution in [1.82, 2.24) is 35.1 Å². The summed E-state index contributed by atoms with van der Waals surface area (Å²) >= 11 is 5.89. The van der Waals surface area contributed by atoms with Crippen LogP contribution < -0.4 is 5.32 Å². The number of aliphatic imine (C=N–C) groups is 1. The predicted octanol–water partition coefficient (Wildman–Crippen LogP) is 2.34. The van der Waals surface area contributed by atoms with Crippen LogP contribution in [0.3, 0.4) is 0 Å². The van der Waals surface area contributed by atoms with E-state index in [2.05, 4.69) is 30.5 Å². The zero-order chi connectivity index (χ0) is 18.5. The van der Waals surface area contributed by atoms with Crippen LogP contribution in [0.15, 0.2) is 40.1 Å². The van der Waals surface area contributed by atoms with Gasteiger partial charge >= 0.3 is 0 Å². The SMILES string of the molecule is CN=C(NCc1nc(-c2ccc(Cl)cc2)no1)N(C)Cc1ncnn1C.I. The van der Waals surface area contributed by atoms with Crippen molar-refractivity contribution in [3.63, 3.8) is 0 Å². The number of aromatic nitrogens is 5. The van der Waals surface area contributed by atoms with Gasteiger partial charge in [-0.05, 0) is 24.3 Å². The molecule has 1 aromatic carbocycles. The highest BCUT2D eigenvalue weighted by atomic mass is 127. The first-order chi connectivity index (χ1) is 12.6. The summed E-state index contributed by atoms with van der Waals surface area (Å²) in [5.41, 5.74) is 0.841. The minimum atomic E-state index is 0. The van der Waals surface area contributed by atoms with Crippen molar-refractivity contribution in [1.29, 1.82) is 0 Å². The van der Waals surface area contributed by atoms with Gasteiger partial charge in [0.05, 0.1) is 13.1 Å². The Labute approximate surface area is 178 Å². The number of aryl methyl sites for hydroxylation is 1. The largest absolute Gasteiger partial charge is 0.347 e. The fourth-order valence-corrected chi connectivity index (χ4v) is 2.46. The Kier molecular flexibility index (Phi) is 7.54. The molecule has 11 heteroatoms. The van der Waals surface area contributed by atoms with Crippen LogP contribution in [0, 0.1) is 0 Å². The van der Waals surface area contributed by atoms with E-state index in [-0.39, 0.29) is 24.0 Å². The monoisotopic (exact) mass is 502 g/mol. The minimum Gasteiger partial charge on any atom is -0.347 e. The Morgan fingerprint density at radius 3 is 2.70 bits per heavy atom. The third-order valence-corrected chi connectivity index (χ3v) is 3.98. The molecule has 3 aromatic rings. The van der Waals surface area contributed by atoms with Crippen LogP contribution in [0.1, 0.15) is 11.7 Å². The summed E-state index contributed by atoms with van der Waals surface area (Å²) < 4.78 is 7.01. The highest BCUT2D eigenvalue weighted by Gasteiger charge is 2.13. The first kappa shape index (κ1) is 21.1. The molecule has 1 N–H and O–H groups in total. The smallest absolute Gasteiger partial charge is 0.246 e. The molecule has 0 aliphatic carbocycles. The zero-order valence-corrected chi connectivity index (χ0v) is 18.2. The van der Waals surface area contributed by atoms with Crippen LogP contribution in [-0.2, 0) is 20.1 Å². The standard InChI is InChI=1S/C16H19ClN8O.HI/c1-18-16(24(2)9-13-20-10-21-25(13)3)19-8-14-22-15(23-26-14)11-4-6-12(17)7-5-11;/h4-7,10H,8-9H2,1-3H3,(H,18,19);1H. The molecule has 0 aliphatic rings. The van der Waals surface area contributed by atoms with Crippen molar-refractivity contribution < 1.29 is 4.52 Å². The quantitative estimate of drug-likeness (QED) is 0.325. The Hall–Kier alpha value is -2.21. The lowest BCUT2D eigenvalue weighted by atomic mass is 10.2. The molecule has 0 unspecified atom stereocenters. The second-order valence-electron chi connectivity index (χ2n) is 5.58. The van der Waals surface area contributed by atoms with E-state index in [4.69, 9.17) is 16.1 Å². The number of nitrogens with one attached hydrogen (secondary N) is 1. The molecule has 0 radical (unpaired) electrons. The highest BCUT2D eigenvalue weighted by Crippen LogP contribution is 2.18. The van der Waals surface area contributed by atoms with Gasteiger partial charge in [0.15, 0.2) is 5.96 Å². The van der Waals surface area contributed by atoms with Gasteiger partial charge in [-0.15, -0.1) is 24.0 Å². The molecule has 0 amide bonds. The summed E-state index contributed by atoms with van der Waals surface area (Å²) in [5, 5.41) is 11.9. The fraction of sp³-hybridized carbons (Fsp3) is 0.312. The van der Waals surface area contributed by atoms with Crippen LogP contribution >= 0.6 is 35.6 Å². The summed E-state index contributed by atoms with van der Waals surface area (Å²) in [6.07, 6.45) is 1.52. The summed E-state index contributed by atoms with van der Waals surface area (Å²) in [6, 6.07) is 7.26. The molecule has 0 saturated carbocycles. The van der Waals surface area contributed by atoms with Gasteiger partial charge < -0.3 is 14.7 Å². The van der Waals surface area contributed by atoms with Gasteiger partial charge in [0.25, 0.3) is 0 Å². The average Bonchev–Trinajstić information content (AvgIpc) is 3.26. The van der Waals surface area contributed by atoms with E-state index in [0.29, 0.717) is 35.8 Å². The summed E-state index contributed by atoms with van der Waals surface area (Å²) in [6.45, 7) is 0.923. The Bertz CT molecular complexity index is 892. The lowest BCUT2D eigenvalue weighted by molar-refractivity contribution is 0.370. The molecule has 144 valence electrons. The van der Waals surface area contributed by atoms with Crippen molar-refractivity contribution in [3.05, 3.63) is 47.3 Å². The Morgan fingerprint density at radius 1 is 1.33 bits per heavy atom. The van der Waals surface area contributed by atoms with Gasteiger partial charge in [-0.25, -0.2) is 4.98 Å². The van der Waals surface area contributed by atoms with Crippen molar-refractivity contribution in [2.45, 2.75) is 13.1 Å². The van der Waals surface area contributed by atoms with Gasteiger partial charge in [0.1, 0.15) is 12.2 Å². The van der Waals surface area contributed by atoms with E-state index in [1.54, 1.807) is 23.9 Å². The van der Waals surface area contributed by atoms with Crippen molar-refractivity contribution in [3.8, 4) is 11.4 Å². The average molecular weight is 503 g/mol. The number of benzene rings is 1. The highest BCUT2D eigenvalue weighted by molar-refractivity contribution is 14.0. The first-order valence-electron chi connectivity index (χ1n) is 7.90. The van der Waals surface area contributed by atoms with E-state index < -0.39 is 0 Å². The summed E-state index contributed by atoms with van der Waals surface area (Å²) in [5.74, 6) is 2.49. The summed E-state index contributed by atoms with van der Waals surface area (Å²) in [4.78, 5) is 14.8. The second kappa shape index (κ2) is 9.65. The maximum Gasteiger partial charge on any atom is 0.246 e. The number of halogens is 2. The molecule has 27 heavy (non-hydrogen) atoms. The predicted molar refractivity (Wildman–Crippen MR) is 113 cm³/mol. The molecule has 0 spiro atoms. The zero-order valence-electron chi connectivity index (χ0n) is 15.1. The van der Waals surface area contributed by atoms with Crippen molar-refractivity contribution in [2.75, 3.05) is 14.1 Å². The number of nitrogens with zero attached hydrogens (tertiary/aromatic N) is 7. The van der Waals surface area contributed by atoms with Crippen LogP contribution in [0.2, 0.25) is 5.02 Å². The third-order valence-electron chi connectivity index (χ3n) is 3.73. The molecule has 2 heterocycles. The molecular weight excluding hydrogens is 483 g/mol. The van der Waals surface area contributed by atoms with Gasteiger partial charge in [-0.1, -0.05) is 16.8 Å². The van der Waals surface area contributed by atoms with E-state index in [1.807, 2.05) is 31.1 Å². The van der Waals surface area contributed by atoms with Crippen LogP contribution in [-0.4, -0.2) is 49.9 Å². The maximum atomic E-state index is 5.89. The molecule has 2 aromatic heterocycles. The van der Waals surface area contributed by atoms with Crippen LogP contribution in [0.25, 0.3) is 11.4 Å². The maximum absolute atomic E-state index is 5.89. The Balaban J connectivity index is 0.00000261. The van der Waals surface area contributed by atoms with E-state index in [1.165, 1.54) is 6.33 Å². The molecule has 3 rings (SSSR count). The van der Waals surface area contributed by atoms with Crippen LogP contribution in [0.4, 0.5) is 0 Å². The van der Waals surface area contributed by atoms with E-state index in [0.717, 1.165) is 11.4 Å².